The van der Waals surface area contributed by atoms with Crippen LogP contribution < -0.4 is 10.1 Å². The number of carbonyl (C=O) groups excluding carboxylic acids is 2. The Balaban J connectivity index is 2.28. The predicted molar refractivity (Wildman–Crippen MR) is 126 cm³/mol. The van der Waals surface area contributed by atoms with E-state index in [4.69, 9.17) is 27.9 Å². The van der Waals surface area contributed by atoms with Crippen LogP contribution >= 0.6 is 23.2 Å². The molecule has 2 amide bonds. The first kappa shape index (κ1) is 25.0. The van der Waals surface area contributed by atoms with Gasteiger partial charge in [-0.3, -0.25) is 9.59 Å². The van der Waals surface area contributed by atoms with E-state index in [0.717, 1.165) is 12.0 Å². The monoisotopic (exact) mass is 464 g/mol. The molecule has 0 aromatic heterocycles. The van der Waals surface area contributed by atoms with Crippen LogP contribution in [0.2, 0.25) is 10.0 Å². The molecule has 0 aliphatic carbocycles. The van der Waals surface area contributed by atoms with Crippen molar-refractivity contribution in [3.8, 4) is 5.75 Å². The molecule has 1 N–H and O–H groups in total. The molecule has 0 saturated carbocycles. The zero-order valence-corrected chi connectivity index (χ0v) is 20.0. The van der Waals surface area contributed by atoms with Crippen molar-refractivity contribution < 1.29 is 14.3 Å². The van der Waals surface area contributed by atoms with Crippen molar-refractivity contribution in [1.29, 1.82) is 0 Å². The Morgan fingerprint density at radius 1 is 1.06 bits per heavy atom. The minimum Gasteiger partial charge on any atom is -0.484 e. The lowest BCUT2D eigenvalue weighted by molar-refractivity contribution is -0.143. The van der Waals surface area contributed by atoms with E-state index in [1.54, 1.807) is 24.3 Å². The molecule has 0 radical (unpaired) electrons. The van der Waals surface area contributed by atoms with E-state index in [2.05, 4.69) is 5.32 Å². The summed E-state index contributed by atoms with van der Waals surface area (Å²) in [5.41, 5.74) is 1.63. The maximum Gasteiger partial charge on any atom is 0.261 e. The number of nitrogens with one attached hydrogen (secondary N) is 1. The van der Waals surface area contributed by atoms with Gasteiger partial charge in [-0.2, -0.15) is 0 Å². The van der Waals surface area contributed by atoms with E-state index in [0.29, 0.717) is 27.8 Å². The number of benzene rings is 2. The standard InChI is InChI=1S/C24H30Cl2N2O3/c1-5-17(4)27-24(30)22(6-2)28(14-19-20(25)11-8-12-21(19)26)23(29)15-31-18-10-7-9-16(3)13-18/h7-13,17,22H,5-6,14-15H2,1-4H3,(H,27,30)/t17-,22-/m1/s1. The highest BCUT2D eigenvalue weighted by molar-refractivity contribution is 6.36. The molecule has 31 heavy (non-hydrogen) atoms. The molecule has 168 valence electrons. The van der Waals surface area contributed by atoms with Gasteiger partial charge in [0.25, 0.3) is 5.91 Å². The summed E-state index contributed by atoms with van der Waals surface area (Å²) < 4.78 is 5.72. The molecule has 2 aromatic carbocycles. The second kappa shape index (κ2) is 12.0. The second-order valence-corrected chi connectivity index (χ2v) is 8.38. The molecule has 0 spiro atoms. The first-order valence-corrected chi connectivity index (χ1v) is 11.2. The van der Waals surface area contributed by atoms with Gasteiger partial charge >= 0.3 is 0 Å². The van der Waals surface area contributed by atoms with E-state index < -0.39 is 6.04 Å². The molecule has 7 heteroatoms. The Hall–Kier alpha value is -2.24. The quantitative estimate of drug-likeness (QED) is 0.511. The lowest BCUT2D eigenvalue weighted by Gasteiger charge is -2.31. The van der Waals surface area contributed by atoms with Crippen LogP contribution in [0.5, 0.6) is 5.75 Å². The second-order valence-electron chi connectivity index (χ2n) is 7.57. The van der Waals surface area contributed by atoms with Crippen LogP contribution in [-0.2, 0) is 16.1 Å². The summed E-state index contributed by atoms with van der Waals surface area (Å²) in [5, 5.41) is 3.87. The average molecular weight is 465 g/mol. The van der Waals surface area contributed by atoms with Crippen molar-refractivity contribution in [3.63, 3.8) is 0 Å². The summed E-state index contributed by atoms with van der Waals surface area (Å²) in [6.07, 6.45) is 1.24. The smallest absolute Gasteiger partial charge is 0.261 e. The Kier molecular flexibility index (Phi) is 9.66. The molecule has 0 aliphatic heterocycles. The molecule has 2 atom stereocenters. The molecule has 0 aliphatic rings. The van der Waals surface area contributed by atoms with Crippen LogP contribution in [0.15, 0.2) is 42.5 Å². The fraction of sp³-hybridized carbons (Fsp3) is 0.417. The number of hydrogen-bond acceptors (Lipinski definition) is 3. The summed E-state index contributed by atoms with van der Waals surface area (Å²) in [6.45, 7) is 7.67. The van der Waals surface area contributed by atoms with Gasteiger partial charge in [-0.05, 0) is 56.5 Å². The van der Waals surface area contributed by atoms with E-state index in [-0.39, 0.29) is 31.0 Å². The number of rotatable bonds is 10. The highest BCUT2D eigenvalue weighted by atomic mass is 35.5. The van der Waals surface area contributed by atoms with Crippen molar-refractivity contribution in [2.45, 2.75) is 59.2 Å². The van der Waals surface area contributed by atoms with Crippen molar-refractivity contribution in [3.05, 3.63) is 63.6 Å². The minimum absolute atomic E-state index is 0.00551. The molecule has 0 fully saturated rings. The molecule has 2 aromatic rings. The topological polar surface area (TPSA) is 58.6 Å². The fourth-order valence-electron chi connectivity index (χ4n) is 3.15. The molecule has 0 saturated heterocycles. The summed E-state index contributed by atoms with van der Waals surface area (Å²) >= 11 is 12.7. The Morgan fingerprint density at radius 3 is 2.29 bits per heavy atom. The number of nitrogens with zero attached hydrogens (tertiary/aromatic N) is 1. The third-order valence-electron chi connectivity index (χ3n) is 5.13. The average Bonchev–Trinajstić information content (AvgIpc) is 2.73. The number of carbonyl (C=O) groups is 2. The van der Waals surface area contributed by atoms with E-state index in [1.165, 1.54) is 4.90 Å². The van der Waals surface area contributed by atoms with Gasteiger partial charge in [0.1, 0.15) is 11.8 Å². The van der Waals surface area contributed by atoms with Crippen LogP contribution in [-0.4, -0.2) is 35.4 Å². The highest BCUT2D eigenvalue weighted by Gasteiger charge is 2.30. The third-order valence-corrected chi connectivity index (χ3v) is 5.84. The Labute approximate surface area is 194 Å². The van der Waals surface area contributed by atoms with Gasteiger partial charge < -0.3 is 15.0 Å². The maximum atomic E-state index is 13.2. The van der Waals surface area contributed by atoms with E-state index >= 15 is 0 Å². The van der Waals surface area contributed by atoms with Crippen LogP contribution in [0.3, 0.4) is 0 Å². The lowest BCUT2D eigenvalue weighted by atomic mass is 10.1. The first-order valence-electron chi connectivity index (χ1n) is 10.5. The van der Waals surface area contributed by atoms with E-state index in [9.17, 15) is 9.59 Å². The van der Waals surface area contributed by atoms with Crippen LogP contribution in [0.25, 0.3) is 0 Å². The highest BCUT2D eigenvalue weighted by Crippen LogP contribution is 2.27. The lowest BCUT2D eigenvalue weighted by Crippen LogP contribution is -2.51. The van der Waals surface area contributed by atoms with Crippen molar-refractivity contribution in [1.82, 2.24) is 10.2 Å². The van der Waals surface area contributed by atoms with E-state index in [1.807, 2.05) is 45.9 Å². The van der Waals surface area contributed by atoms with Crippen LogP contribution in [0, 0.1) is 6.92 Å². The van der Waals surface area contributed by atoms with Gasteiger partial charge in [-0.25, -0.2) is 0 Å². The summed E-state index contributed by atoms with van der Waals surface area (Å²) in [7, 11) is 0. The van der Waals surface area contributed by atoms with Gasteiger partial charge in [-0.1, -0.05) is 55.2 Å². The molecular formula is C24H30Cl2N2O3. The fourth-order valence-corrected chi connectivity index (χ4v) is 3.66. The minimum atomic E-state index is -0.671. The number of halogens is 2. The SMILES string of the molecule is CC[C@@H](C)NC(=O)[C@@H](CC)N(Cc1c(Cl)cccc1Cl)C(=O)COc1cccc(C)c1. The van der Waals surface area contributed by atoms with Gasteiger partial charge in [0.2, 0.25) is 5.91 Å². The molecule has 5 nitrogen and oxygen atoms in total. The third kappa shape index (κ3) is 7.15. The van der Waals surface area contributed by atoms with Crippen molar-refractivity contribution >= 4 is 35.0 Å². The summed E-state index contributed by atoms with van der Waals surface area (Å²) in [5.74, 6) is 0.0776. The molecule has 0 heterocycles. The number of hydrogen-bond donors (Lipinski definition) is 1. The largest absolute Gasteiger partial charge is 0.484 e. The van der Waals surface area contributed by atoms with Crippen molar-refractivity contribution in [2.24, 2.45) is 0 Å². The van der Waals surface area contributed by atoms with Gasteiger partial charge in [-0.15, -0.1) is 0 Å². The zero-order valence-electron chi connectivity index (χ0n) is 18.5. The number of aryl methyl sites for hydroxylation is 1. The van der Waals surface area contributed by atoms with Crippen LogP contribution in [0.4, 0.5) is 0 Å². The Bertz CT molecular complexity index is 884. The predicted octanol–water partition coefficient (Wildman–Crippen LogP) is 5.40. The van der Waals surface area contributed by atoms with Gasteiger partial charge in [0, 0.05) is 28.2 Å². The maximum absolute atomic E-state index is 13.2. The molecule has 0 bridgehead atoms. The number of ether oxygens (including phenoxy) is 1. The summed E-state index contributed by atoms with van der Waals surface area (Å²) in [6, 6.07) is 12.0. The molecule has 2 rings (SSSR count). The summed E-state index contributed by atoms with van der Waals surface area (Å²) in [4.78, 5) is 27.7. The first-order chi connectivity index (χ1) is 14.8. The van der Waals surface area contributed by atoms with Gasteiger partial charge in [0.05, 0.1) is 0 Å². The van der Waals surface area contributed by atoms with Crippen molar-refractivity contribution in [2.75, 3.05) is 6.61 Å². The normalized spacial score (nSPS) is 12.7. The molecular weight excluding hydrogens is 435 g/mol. The number of amides is 2. The van der Waals surface area contributed by atoms with Gasteiger partial charge in [0.15, 0.2) is 6.61 Å². The zero-order chi connectivity index (χ0) is 23.0. The van der Waals surface area contributed by atoms with Crippen LogP contribution in [0.1, 0.15) is 44.7 Å². The Morgan fingerprint density at radius 2 is 1.71 bits per heavy atom. The molecule has 0 unspecified atom stereocenters.